The molecule has 3 aromatic rings. The Labute approximate surface area is 182 Å². The molecule has 0 spiro atoms. The van der Waals surface area contributed by atoms with E-state index in [1.807, 2.05) is 12.1 Å². The van der Waals surface area contributed by atoms with Crippen molar-refractivity contribution in [1.29, 1.82) is 0 Å². The molecule has 1 aliphatic rings. The Bertz CT molecular complexity index is 1120. The number of halogens is 1. The van der Waals surface area contributed by atoms with Crippen LogP contribution in [0.3, 0.4) is 0 Å². The van der Waals surface area contributed by atoms with Crippen molar-refractivity contribution >= 4 is 58.4 Å². The van der Waals surface area contributed by atoms with Crippen molar-refractivity contribution in [3.63, 3.8) is 0 Å². The second kappa shape index (κ2) is 8.41. The van der Waals surface area contributed by atoms with E-state index in [2.05, 4.69) is 26.9 Å². The number of carbonyl (C=O) groups excluding carboxylic acids is 1. The quantitative estimate of drug-likeness (QED) is 0.543. The highest BCUT2D eigenvalue weighted by atomic mass is 79.9. The van der Waals surface area contributed by atoms with Crippen LogP contribution >= 0.6 is 27.3 Å². The minimum Gasteiger partial charge on any atom is -0.345 e. The topological polar surface area (TPSA) is 70.6 Å². The maximum absolute atomic E-state index is 12.5. The van der Waals surface area contributed by atoms with Crippen LogP contribution in [0.15, 0.2) is 57.9 Å². The minimum atomic E-state index is -3.44. The summed E-state index contributed by atoms with van der Waals surface area (Å²) in [7, 11) is -3.44. The monoisotopic (exact) mass is 493 g/mol. The largest absolute Gasteiger partial charge is 0.345 e. The molecule has 1 fully saturated rings. The van der Waals surface area contributed by atoms with Crippen LogP contribution in [0, 0.1) is 0 Å². The third kappa shape index (κ3) is 4.62. The molecule has 29 heavy (non-hydrogen) atoms. The zero-order chi connectivity index (χ0) is 20.4. The van der Waals surface area contributed by atoms with Gasteiger partial charge >= 0.3 is 0 Å². The van der Waals surface area contributed by atoms with Crippen LogP contribution in [-0.2, 0) is 14.6 Å². The average molecular weight is 494 g/mol. The molecule has 0 bridgehead atoms. The molecular formula is C20H20BrN3O3S2. The molecule has 4 rings (SSSR count). The number of rotatable bonds is 5. The van der Waals surface area contributed by atoms with E-state index < -0.39 is 9.84 Å². The second-order valence-electron chi connectivity index (χ2n) is 6.86. The fourth-order valence-electron chi connectivity index (χ4n) is 3.29. The number of piperazine rings is 1. The number of hydrogen-bond donors (Lipinski definition) is 0. The lowest BCUT2D eigenvalue weighted by Crippen LogP contribution is -2.49. The number of fused-ring (bicyclic) bond motifs is 1. The van der Waals surface area contributed by atoms with Gasteiger partial charge in [-0.05, 0) is 30.3 Å². The van der Waals surface area contributed by atoms with E-state index in [4.69, 9.17) is 4.98 Å². The van der Waals surface area contributed by atoms with Crippen molar-refractivity contribution in [1.82, 2.24) is 9.88 Å². The zero-order valence-electron chi connectivity index (χ0n) is 15.6. The molecule has 1 aromatic heterocycles. The van der Waals surface area contributed by atoms with E-state index >= 15 is 0 Å². The summed E-state index contributed by atoms with van der Waals surface area (Å²) in [5, 5.41) is 0.955. The number of benzene rings is 2. The van der Waals surface area contributed by atoms with E-state index in [-0.39, 0.29) is 23.0 Å². The maximum Gasteiger partial charge on any atom is 0.223 e. The first kappa shape index (κ1) is 20.3. The molecule has 152 valence electrons. The van der Waals surface area contributed by atoms with Crippen molar-refractivity contribution in [2.45, 2.75) is 11.3 Å². The van der Waals surface area contributed by atoms with Crippen molar-refractivity contribution in [3.05, 3.63) is 53.0 Å². The van der Waals surface area contributed by atoms with Crippen LogP contribution in [0.25, 0.3) is 10.2 Å². The summed E-state index contributed by atoms with van der Waals surface area (Å²) < 4.78 is 26.9. The summed E-state index contributed by atoms with van der Waals surface area (Å²) in [5.74, 6) is -0.277. The Hall–Kier alpha value is -1.97. The van der Waals surface area contributed by atoms with Gasteiger partial charge in [0.15, 0.2) is 15.0 Å². The molecule has 2 heterocycles. The predicted molar refractivity (Wildman–Crippen MR) is 119 cm³/mol. The standard InChI is InChI=1S/C20H20BrN3O3S2/c21-15-6-7-17-18(14-15)28-20(22-17)24-11-9-23(10-12-24)19(25)8-13-29(26,27)16-4-2-1-3-5-16/h1-7,14H,8-13H2. The molecule has 1 amide bonds. The highest BCUT2D eigenvalue weighted by molar-refractivity contribution is 9.10. The SMILES string of the molecule is O=C(CCS(=O)(=O)c1ccccc1)N1CCN(c2nc3ccc(Br)cc3s2)CC1. The van der Waals surface area contributed by atoms with E-state index in [9.17, 15) is 13.2 Å². The number of carbonyl (C=O) groups is 1. The fraction of sp³-hybridized carbons (Fsp3) is 0.300. The zero-order valence-corrected chi connectivity index (χ0v) is 18.8. The summed E-state index contributed by atoms with van der Waals surface area (Å²) >= 11 is 5.12. The van der Waals surface area contributed by atoms with Crippen molar-refractivity contribution in [2.75, 3.05) is 36.8 Å². The van der Waals surface area contributed by atoms with Gasteiger partial charge in [-0.15, -0.1) is 0 Å². The predicted octanol–water partition coefficient (Wildman–Crippen LogP) is 3.57. The number of aromatic nitrogens is 1. The van der Waals surface area contributed by atoms with Gasteiger partial charge in [0.05, 0.1) is 20.9 Å². The van der Waals surface area contributed by atoms with Gasteiger partial charge in [-0.1, -0.05) is 45.5 Å². The lowest BCUT2D eigenvalue weighted by molar-refractivity contribution is -0.131. The first-order valence-corrected chi connectivity index (χ1v) is 12.6. The van der Waals surface area contributed by atoms with Crippen molar-refractivity contribution < 1.29 is 13.2 Å². The van der Waals surface area contributed by atoms with Crippen molar-refractivity contribution in [2.24, 2.45) is 0 Å². The third-order valence-electron chi connectivity index (χ3n) is 4.93. The lowest BCUT2D eigenvalue weighted by atomic mass is 10.3. The Morgan fingerprint density at radius 3 is 2.52 bits per heavy atom. The van der Waals surface area contributed by atoms with Crippen molar-refractivity contribution in [3.8, 4) is 0 Å². The molecule has 0 unspecified atom stereocenters. The normalized spacial score (nSPS) is 15.1. The van der Waals surface area contributed by atoms with E-state index in [1.54, 1.807) is 46.6 Å². The third-order valence-corrected chi connectivity index (χ3v) is 8.23. The molecule has 0 saturated carbocycles. The van der Waals surface area contributed by atoms with Crippen LogP contribution < -0.4 is 4.90 Å². The molecule has 0 N–H and O–H groups in total. The molecule has 2 aromatic carbocycles. The number of thiazole rings is 1. The van der Waals surface area contributed by atoms with Gasteiger partial charge in [0.2, 0.25) is 5.91 Å². The highest BCUT2D eigenvalue weighted by Crippen LogP contribution is 2.31. The summed E-state index contributed by atoms with van der Waals surface area (Å²) in [4.78, 5) is 21.4. The highest BCUT2D eigenvalue weighted by Gasteiger charge is 2.24. The van der Waals surface area contributed by atoms with Crippen LogP contribution in [0.4, 0.5) is 5.13 Å². The number of amides is 1. The van der Waals surface area contributed by atoms with Crippen LogP contribution in [0.5, 0.6) is 0 Å². The smallest absolute Gasteiger partial charge is 0.223 e. The molecule has 1 saturated heterocycles. The van der Waals surface area contributed by atoms with Gasteiger partial charge in [0, 0.05) is 37.1 Å². The molecule has 0 radical (unpaired) electrons. The Balaban J connectivity index is 1.33. The summed E-state index contributed by atoms with van der Waals surface area (Å²) in [6.07, 6.45) is 0.00634. The molecule has 9 heteroatoms. The number of sulfone groups is 1. The van der Waals surface area contributed by atoms with Crippen LogP contribution in [-0.4, -0.2) is 56.1 Å². The minimum absolute atomic E-state index is 0.00634. The molecule has 1 aliphatic heterocycles. The Morgan fingerprint density at radius 1 is 1.07 bits per heavy atom. The summed E-state index contributed by atoms with van der Waals surface area (Å²) in [5.41, 5.74) is 0.970. The summed E-state index contributed by atoms with van der Waals surface area (Å²) in [6.45, 7) is 2.53. The maximum atomic E-state index is 12.5. The fourth-order valence-corrected chi connectivity index (χ4v) is 6.11. The Morgan fingerprint density at radius 2 is 1.79 bits per heavy atom. The van der Waals surface area contributed by atoms with Gasteiger partial charge in [0.1, 0.15) is 0 Å². The molecule has 6 nitrogen and oxygen atoms in total. The number of anilines is 1. The van der Waals surface area contributed by atoms with Gasteiger partial charge < -0.3 is 9.80 Å². The summed E-state index contributed by atoms with van der Waals surface area (Å²) in [6, 6.07) is 14.3. The molecule has 0 aliphatic carbocycles. The van der Waals surface area contributed by atoms with Crippen LogP contribution in [0.2, 0.25) is 0 Å². The van der Waals surface area contributed by atoms with Crippen LogP contribution in [0.1, 0.15) is 6.42 Å². The average Bonchev–Trinajstić information content (AvgIpc) is 3.16. The molecular weight excluding hydrogens is 474 g/mol. The Kier molecular flexibility index (Phi) is 5.89. The van der Waals surface area contributed by atoms with Gasteiger partial charge in [-0.25, -0.2) is 13.4 Å². The van der Waals surface area contributed by atoms with Gasteiger partial charge in [-0.3, -0.25) is 4.79 Å². The van der Waals surface area contributed by atoms with E-state index in [0.717, 1.165) is 19.8 Å². The second-order valence-corrected chi connectivity index (χ2v) is 10.9. The van der Waals surface area contributed by atoms with Gasteiger partial charge in [0.25, 0.3) is 0 Å². The van der Waals surface area contributed by atoms with E-state index in [0.29, 0.717) is 26.2 Å². The number of hydrogen-bond acceptors (Lipinski definition) is 6. The first-order chi connectivity index (χ1) is 13.9. The van der Waals surface area contributed by atoms with E-state index in [1.165, 1.54) is 0 Å². The first-order valence-electron chi connectivity index (χ1n) is 9.29. The molecule has 0 atom stereocenters. The number of nitrogens with zero attached hydrogens (tertiary/aromatic N) is 3. The van der Waals surface area contributed by atoms with Gasteiger partial charge in [-0.2, -0.15) is 0 Å². The lowest BCUT2D eigenvalue weighted by Gasteiger charge is -2.34.